The molecule has 0 radical (unpaired) electrons. The molecule has 12 N–H and O–H groups in total. The maximum absolute atomic E-state index is 12.9. The first-order chi connectivity index (χ1) is 35.4. The number of anilines is 10. The molecule has 0 bridgehead atoms. The van der Waals surface area contributed by atoms with Crippen LogP contribution in [-0.2, 0) is 40.5 Å². The Morgan fingerprint density at radius 3 is 0.974 bits per heavy atom. The van der Waals surface area contributed by atoms with Crippen LogP contribution in [0.1, 0.15) is 38.8 Å². The summed E-state index contributed by atoms with van der Waals surface area (Å²) in [5, 5.41) is 52.2. The van der Waals surface area contributed by atoms with Crippen LogP contribution in [0.3, 0.4) is 0 Å². The molecule has 4 unspecified atom stereocenters. The van der Waals surface area contributed by atoms with Gasteiger partial charge in [0.2, 0.25) is 35.7 Å². The molecule has 0 saturated heterocycles. The van der Waals surface area contributed by atoms with Gasteiger partial charge < -0.3 is 51.5 Å². The van der Waals surface area contributed by atoms with Crippen LogP contribution in [0.5, 0.6) is 0 Å². The van der Waals surface area contributed by atoms with Crippen LogP contribution in [-0.4, -0.2) is 182 Å². The van der Waals surface area contributed by atoms with Crippen molar-refractivity contribution in [1.29, 1.82) is 0 Å². The van der Waals surface area contributed by atoms with Gasteiger partial charge in [-0.3, -0.25) is 18.2 Å². The van der Waals surface area contributed by atoms with Gasteiger partial charge >= 0.3 is 29.6 Å². The second-order valence-electron chi connectivity index (χ2n) is 17.1. The molecule has 0 spiro atoms. The number of nitrogens with one attached hydrogen (secondary N) is 4. The molecule has 2 heterocycles. The topological polar surface area (TPSA) is 430 Å². The van der Waals surface area contributed by atoms with Crippen LogP contribution in [0.15, 0.2) is 105 Å². The molecule has 4 aromatic carbocycles. The zero-order chi connectivity index (χ0) is 55.9. The van der Waals surface area contributed by atoms with Crippen molar-refractivity contribution in [2.45, 2.75) is 71.7 Å². The maximum atomic E-state index is 12.9. The Kier molecular flexibility index (Phi) is 20.5. The van der Waals surface area contributed by atoms with Crippen molar-refractivity contribution >= 4 is 141 Å². The molecule has 0 amide bonds. The van der Waals surface area contributed by atoms with E-state index in [9.17, 15) is 72.3 Å². The van der Waals surface area contributed by atoms with Crippen LogP contribution in [0.25, 0.3) is 12.2 Å². The Balaban J connectivity index is 0.0000109. The molecule has 0 saturated carbocycles. The van der Waals surface area contributed by atoms with Crippen molar-refractivity contribution in [3.63, 3.8) is 0 Å². The Bertz CT molecular complexity index is 3330. The molecule has 0 fully saturated rings. The van der Waals surface area contributed by atoms with Crippen molar-refractivity contribution in [1.82, 2.24) is 29.9 Å². The second kappa shape index (κ2) is 25.6. The number of nitrogens with zero attached hydrogens (tertiary/aromatic N) is 8. The number of aliphatic hydroxyl groups is 4. The number of hydrogen-bond acceptors (Lipinski definition) is 24. The van der Waals surface area contributed by atoms with Gasteiger partial charge in [-0.1, -0.05) is 36.4 Å². The minimum absolute atomic E-state index is 0. The third kappa shape index (κ3) is 18.3. The van der Waals surface area contributed by atoms with Crippen molar-refractivity contribution in [3.8, 4) is 0 Å². The van der Waals surface area contributed by atoms with Crippen molar-refractivity contribution in [2.75, 3.05) is 57.2 Å². The normalized spacial score (nSPS) is 13.7. The molecule has 6 rings (SSSR count). The first-order valence-corrected chi connectivity index (χ1v) is 28.0. The van der Waals surface area contributed by atoms with Gasteiger partial charge in [0, 0.05) is 48.9 Å². The quantitative estimate of drug-likeness (QED) is 0.0235. The van der Waals surface area contributed by atoms with E-state index in [4.69, 9.17) is 0 Å². The van der Waals surface area contributed by atoms with E-state index in [0.717, 1.165) is 48.6 Å². The van der Waals surface area contributed by atoms with Crippen molar-refractivity contribution < 1.29 is 72.3 Å². The number of rotatable bonds is 24. The predicted molar refractivity (Wildman–Crippen MR) is 285 cm³/mol. The molecule has 33 heteroatoms. The van der Waals surface area contributed by atoms with Crippen LogP contribution < -0.4 is 31.1 Å². The van der Waals surface area contributed by atoms with Gasteiger partial charge in [0.05, 0.1) is 34.2 Å². The molecule has 0 aliphatic heterocycles. The van der Waals surface area contributed by atoms with Gasteiger partial charge in [-0.15, -0.1) is 0 Å². The number of benzene rings is 4. The molecule has 6 aromatic rings. The summed E-state index contributed by atoms with van der Waals surface area (Å²) in [7, 11) is -19.4. The fraction of sp³-hybridized carbons (Fsp3) is 0.273. The number of aromatic nitrogens is 6. The third-order valence-electron chi connectivity index (χ3n) is 10.1. The van der Waals surface area contributed by atoms with E-state index in [1.165, 1.54) is 86.0 Å². The third-order valence-corrected chi connectivity index (χ3v) is 13.6. The van der Waals surface area contributed by atoms with Crippen LogP contribution in [0.4, 0.5) is 58.4 Å². The summed E-state index contributed by atoms with van der Waals surface area (Å²) >= 11 is 0. The molecule has 28 nitrogen and oxygen atoms in total. The summed E-state index contributed by atoms with van der Waals surface area (Å²) in [6.45, 7) is 5.54. The standard InChI is InChI=1S/C44H52N12O16S4.Na.H/c1-25(57)21-55(22-26(2)58)43-51-39(45-31-7-5-9-35(17-31)73(61,62)63)49-41(53-43)47-33-15-13-29(37(19-33)75(67,68)69)11-12-30-14-16-34(20-38(30)76(70,71)72)48-42-50-40(46-32-8-6-10-36(18-32)74(64,65)66)52-44(54-42)56(23-27(3)59)24-28(4)60;;/h5-20,25-28,57-60H,21-24H2,1-4H3,(H,61,62,63)(H,64,65,66)(H,67,68,69)(H,70,71,72)(H2,45,47,49,51,53)(H2,46,48,50,52,54);;. The summed E-state index contributed by atoms with van der Waals surface area (Å²) < 4.78 is 139. The van der Waals surface area contributed by atoms with Gasteiger partial charge in [0.1, 0.15) is 9.79 Å². The Hall–Kier alpha value is -6.08. The SMILES string of the molecule is CC(O)CN(CC(C)O)c1nc(Nc2cccc(S(=O)(=O)O)c2)nc(Nc2ccc(C=Cc3ccc(Nc4nc(Nc5cccc(S(=O)(=O)O)c5)nc(N(CC(C)O)CC(C)O)n4)cc3S(=O)(=O)O)c(S(=O)(=O)O)c2)n1.[NaH]. The van der Waals surface area contributed by atoms with Crippen molar-refractivity contribution in [3.05, 3.63) is 96.1 Å². The first kappa shape index (κ1) is 61.8. The molecule has 77 heavy (non-hydrogen) atoms. The molecule has 2 aromatic heterocycles. The fourth-order valence-electron chi connectivity index (χ4n) is 7.10. The predicted octanol–water partition coefficient (Wildman–Crippen LogP) is 2.68. The van der Waals surface area contributed by atoms with E-state index < -0.39 is 84.5 Å². The average molecular weight is 1160 g/mol. The van der Waals surface area contributed by atoms with Crippen LogP contribution in [0, 0.1) is 0 Å². The number of hydrogen-bond donors (Lipinski definition) is 12. The Morgan fingerprint density at radius 1 is 0.429 bits per heavy atom. The molecule has 410 valence electrons. The molecular weight excluding hydrogens is 1100 g/mol. The number of aliphatic hydroxyl groups excluding tert-OH is 4. The zero-order valence-corrected chi connectivity index (χ0v) is 43.7. The van der Waals surface area contributed by atoms with Gasteiger partial charge in [0.15, 0.2) is 0 Å². The zero-order valence-electron chi connectivity index (χ0n) is 40.4. The van der Waals surface area contributed by atoms with Gasteiger partial charge in [0.25, 0.3) is 40.5 Å². The monoisotopic (exact) mass is 1160 g/mol. The van der Waals surface area contributed by atoms with Gasteiger partial charge in [-0.25, -0.2) is 0 Å². The molecule has 0 aliphatic rings. The summed E-state index contributed by atoms with van der Waals surface area (Å²) in [6, 6.07) is 17.1. The van der Waals surface area contributed by atoms with E-state index in [2.05, 4.69) is 51.2 Å². The first-order valence-electron chi connectivity index (χ1n) is 22.3. The van der Waals surface area contributed by atoms with Crippen LogP contribution >= 0.6 is 0 Å². The average Bonchev–Trinajstić information content (AvgIpc) is 3.29. The van der Waals surface area contributed by atoms with Gasteiger partial charge in [-0.2, -0.15) is 63.6 Å². The molecule has 0 aliphatic carbocycles. The van der Waals surface area contributed by atoms with Crippen molar-refractivity contribution in [2.24, 2.45) is 0 Å². The Morgan fingerprint density at radius 2 is 0.714 bits per heavy atom. The fourth-order valence-corrected chi connectivity index (χ4v) is 9.57. The second-order valence-corrected chi connectivity index (χ2v) is 22.7. The Labute approximate surface area is 464 Å². The van der Waals surface area contributed by atoms with E-state index in [-0.39, 0.29) is 125 Å². The minimum atomic E-state index is -5.06. The van der Waals surface area contributed by atoms with Crippen LogP contribution in [0.2, 0.25) is 0 Å². The summed E-state index contributed by atoms with van der Waals surface area (Å²) in [6.07, 6.45) is -1.57. The van der Waals surface area contributed by atoms with E-state index in [1.54, 1.807) is 0 Å². The summed E-state index contributed by atoms with van der Waals surface area (Å²) in [5.74, 6) is -1.21. The van der Waals surface area contributed by atoms with E-state index >= 15 is 0 Å². The van der Waals surface area contributed by atoms with Gasteiger partial charge in [-0.05, 0) is 99.5 Å². The molecule has 4 atom stereocenters. The molecular formula is C44H53N12NaO16S4. The van der Waals surface area contributed by atoms with E-state index in [0.29, 0.717) is 0 Å². The summed E-state index contributed by atoms with van der Waals surface area (Å²) in [4.78, 5) is 26.5. The summed E-state index contributed by atoms with van der Waals surface area (Å²) in [5.41, 5.74) is -0.265. The van der Waals surface area contributed by atoms with E-state index in [1.807, 2.05) is 0 Å².